The first-order chi connectivity index (χ1) is 7.25. The summed E-state index contributed by atoms with van der Waals surface area (Å²) in [6, 6.07) is 6.25. The summed E-state index contributed by atoms with van der Waals surface area (Å²) in [4.78, 5) is 11.8. The summed E-state index contributed by atoms with van der Waals surface area (Å²) in [7, 11) is 0. The van der Waals surface area contributed by atoms with Crippen LogP contribution in [0, 0.1) is 13.8 Å². The van der Waals surface area contributed by atoms with Crippen molar-refractivity contribution in [3.63, 3.8) is 0 Å². The van der Waals surface area contributed by atoms with Crippen molar-refractivity contribution < 1.29 is 0 Å². The molecule has 3 nitrogen and oxygen atoms in total. The topological polar surface area (TPSA) is 41.6 Å². The molecule has 0 aliphatic heterocycles. The SMILES string of the molecule is Cc1cc(C)c2ccc3ncnc3c2[nH]1. The molecule has 0 aliphatic carbocycles. The highest BCUT2D eigenvalue weighted by Gasteiger charge is 2.05. The first kappa shape index (κ1) is 8.41. The van der Waals surface area contributed by atoms with Gasteiger partial charge in [0.05, 0.1) is 11.0 Å². The number of benzene rings is 1. The van der Waals surface area contributed by atoms with Gasteiger partial charge >= 0.3 is 0 Å². The molecule has 0 atom stereocenters. The molecule has 0 aliphatic rings. The van der Waals surface area contributed by atoms with Crippen LogP contribution in [0.5, 0.6) is 0 Å². The molecule has 15 heavy (non-hydrogen) atoms. The molecule has 1 aromatic carbocycles. The fourth-order valence-corrected chi connectivity index (χ4v) is 2.05. The number of H-pyrrole nitrogens is 1. The van der Waals surface area contributed by atoms with Gasteiger partial charge in [0.2, 0.25) is 0 Å². The summed E-state index contributed by atoms with van der Waals surface area (Å²) in [6.07, 6.45) is 1.61. The highest BCUT2D eigenvalue weighted by atomic mass is 14.9. The second-order valence-corrected chi connectivity index (χ2v) is 3.86. The Morgan fingerprint density at radius 3 is 2.87 bits per heavy atom. The second kappa shape index (κ2) is 2.79. The van der Waals surface area contributed by atoms with Crippen LogP contribution in [-0.2, 0) is 0 Å². The number of imidazole rings is 1. The van der Waals surface area contributed by atoms with Gasteiger partial charge in [0, 0.05) is 11.1 Å². The van der Waals surface area contributed by atoms with Gasteiger partial charge in [-0.1, -0.05) is 6.07 Å². The van der Waals surface area contributed by atoms with Crippen LogP contribution in [0.15, 0.2) is 24.5 Å². The van der Waals surface area contributed by atoms with Gasteiger partial charge in [-0.05, 0) is 31.5 Å². The van der Waals surface area contributed by atoms with E-state index in [-0.39, 0.29) is 0 Å². The number of rotatable bonds is 0. The van der Waals surface area contributed by atoms with Gasteiger partial charge in [0.15, 0.2) is 0 Å². The Kier molecular flexibility index (Phi) is 1.57. The monoisotopic (exact) mass is 197 g/mol. The number of nitrogens with one attached hydrogen (secondary N) is 1. The minimum absolute atomic E-state index is 0.948. The summed E-state index contributed by atoms with van der Waals surface area (Å²) >= 11 is 0. The number of pyridine rings is 1. The van der Waals surface area contributed by atoms with Crippen LogP contribution >= 0.6 is 0 Å². The zero-order valence-electron chi connectivity index (χ0n) is 8.70. The minimum atomic E-state index is 0.948. The van der Waals surface area contributed by atoms with Crippen LogP contribution in [0.1, 0.15) is 11.3 Å². The van der Waals surface area contributed by atoms with Crippen molar-refractivity contribution in [2.45, 2.75) is 13.8 Å². The number of aromatic nitrogens is 3. The zero-order valence-corrected chi connectivity index (χ0v) is 8.70. The van der Waals surface area contributed by atoms with Crippen LogP contribution < -0.4 is 0 Å². The Labute approximate surface area is 87.2 Å². The molecule has 0 saturated carbocycles. The molecule has 0 fully saturated rings. The van der Waals surface area contributed by atoms with Crippen LogP contribution in [0.25, 0.3) is 21.9 Å². The maximum Gasteiger partial charge on any atom is 0.117 e. The summed E-state index contributed by atoms with van der Waals surface area (Å²) in [5, 5.41) is 1.22. The molecule has 0 amide bonds. The Morgan fingerprint density at radius 2 is 2.00 bits per heavy atom. The molecule has 2 aromatic heterocycles. The summed E-state index contributed by atoms with van der Waals surface area (Å²) in [5.41, 5.74) is 5.41. The Balaban J connectivity index is 2.61. The number of hydrogen-bond acceptors (Lipinski definition) is 2. The highest BCUT2D eigenvalue weighted by molar-refractivity contribution is 6.02. The summed E-state index contributed by atoms with van der Waals surface area (Å²) in [6.45, 7) is 4.17. The van der Waals surface area contributed by atoms with Crippen molar-refractivity contribution in [1.29, 1.82) is 0 Å². The number of fused-ring (bicyclic) bond motifs is 3. The van der Waals surface area contributed by atoms with Gasteiger partial charge in [0.1, 0.15) is 11.8 Å². The van der Waals surface area contributed by atoms with Crippen LogP contribution in [-0.4, -0.2) is 15.0 Å². The predicted molar refractivity (Wildman–Crippen MR) is 60.9 cm³/mol. The van der Waals surface area contributed by atoms with Crippen molar-refractivity contribution in [3.8, 4) is 0 Å². The first-order valence-corrected chi connectivity index (χ1v) is 4.95. The Morgan fingerprint density at radius 1 is 1.13 bits per heavy atom. The molecule has 0 unspecified atom stereocenters. The normalized spacial score (nSPS) is 11.3. The van der Waals surface area contributed by atoms with Crippen molar-refractivity contribution >= 4 is 21.9 Å². The largest absolute Gasteiger partial charge is 0.357 e. The number of hydrogen-bond donors (Lipinski definition) is 1. The van der Waals surface area contributed by atoms with Gasteiger partial charge in [-0.3, -0.25) is 0 Å². The minimum Gasteiger partial charge on any atom is -0.357 e. The molecule has 2 heterocycles. The molecule has 0 bridgehead atoms. The van der Waals surface area contributed by atoms with Gasteiger partial charge in [-0.2, -0.15) is 0 Å². The van der Waals surface area contributed by atoms with Crippen LogP contribution in [0.3, 0.4) is 0 Å². The molecule has 0 radical (unpaired) electrons. The van der Waals surface area contributed by atoms with Crippen molar-refractivity contribution in [3.05, 3.63) is 35.8 Å². The van der Waals surface area contributed by atoms with E-state index in [0.717, 1.165) is 22.2 Å². The molecule has 74 valence electrons. The lowest BCUT2D eigenvalue weighted by molar-refractivity contribution is 1.24. The van der Waals surface area contributed by atoms with E-state index in [1.165, 1.54) is 10.9 Å². The molecule has 0 spiro atoms. The lowest BCUT2D eigenvalue weighted by Gasteiger charge is -2.05. The molecular formula is C12H11N3. The van der Waals surface area contributed by atoms with Gasteiger partial charge < -0.3 is 4.98 Å². The summed E-state index contributed by atoms with van der Waals surface area (Å²) in [5.74, 6) is 0. The van der Waals surface area contributed by atoms with Crippen molar-refractivity contribution in [1.82, 2.24) is 15.0 Å². The average Bonchev–Trinajstić information content (AvgIpc) is 2.65. The lowest BCUT2D eigenvalue weighted by atomic mass is 10.1. The molecule has 3 heteroatoms. The van der Waals surface area contributed by atoms with Gasteiger partial charge in [-0.25, -0.2) is 9.97 Å². The Hall–Kier alpha value is -1.90. The third kappa shape index (κ3) is 1.13. The molecular weight excluding hydrogens is 186 g/mol. The van der Waals surface area contributed by atoms with Crippen LogP contribution in [0.2, 0.25) is 0 Å². The van der Waals surface area contributed by atoms with E-state index < -0.39 is 0 Å². The van der Waals surface area contributed by atoms with E-state index in [1.54, 1.807) is 6.33 Å². The molecule has 0 saturated heterocycles. The van der Waals surface area contributed by atoms with Crippen molar-refractivity contribution in [2.75, 3.05) is 0 Å². The molecule has 1 N–H and O–H groups in total. The van der Waals surface area contributed by atoms with E-state index in [0.29, 0.717) is 0 Å². The van der Waals surface area contributed by atoms with Gasteiger partial charge in [0.25, 0.3) is 0 Å². The summed E-state index contributed by atoms with van der Waals surface area (Å²) < 4.78 is 0. The van der Waals surface area contributed by atoms with E-state index in [2.05, 4.69) is 40.9 Å². The van der Waals surface area contributed by atoms with E-state index in [9.17, 15) is 0 Å². The lowest BCUT2D eigenvalue weighted by Crippen LogP contribution is -1.88. The maximum atomic E-state index is 4.29. The van der Waals surface area contributed by atoms with E-state index in [1.807, 2.05) is 6.07 Å². The molecule has 3 rings (SSSR count). The van der Waals surface area contributed by atoms with E-state index >= 15 is 0 Å². The average molecular weight is 197 g/mol. The zero-order chi connectivity index (χ0) is 10.4. The highest BCUT2D eigenvalue weighted by Crippen LogP contribution is 2.23. The van der Waals surface area contributed by atoms with Crippen LogP contribution in [0.4, 0.5) is 0 Å². The van der Waals surface area contributed by atoms with E-state index in [4.69, 9.17) is 0 Å². The third-order valence-corrected chi connectivity index (χ3v) is 2.72. The fraction of sp³-hybridized carbons (Fsp3) is 0.167. The first-order valence-electron chi connectivity index (χ1n) is 4.95. The fourth-order valence-electron chi connectivity index (χ4n) is 2.05. The van der Waals surface area contributed by atoms with Gasteiger partial charge in [-0.15, -0.1) is 0 Å². The smallest absolute Gasteiger partial charge is 0.117 e. The quantitative estimate of drug-likeness (QED) is 0.602. The molecule has 3 aromatic rings. The number of aryl methyl sites for hydroxylation is 2. The predicted octanol–water partition coefficient (Wildman–Crippen LogP) is 2.73. The number of nitrogens with zero attached hydrogens (tertiary/aromatic N) is 2. The third-order valence-electron chi connectivity index (χ3n) is 2.72. The second-order valence-electron chi connectivity index (χ2n) is 3.86. The maximum absolute atomic E-state index is 4.29. The number of aromatic amines is 1. The van der Waals surface area contributed by atoms with Crippen molar-refractivity contribution in [2.24, 2.45) is 0 Å². The standard InChI is InChI=1S/C12H11N3/c1-7-5-8(2)15-11-9(7)3-4-10-12(11)14-6-13-10/h3-6,15H,1-2H3. The Bertz CT molecular complexity index is 652.